The van der Waals surface area contributed by atoms with Crippen molar-refractivity contribution in [2.24, 2.45) is 0 Å². The Morgan fingerprint density at radius 2 is 1.80 bits per heavy atom. The Kier molecular flexibility index (Phi) is 3.33. The lowest BCUT2D eigenvalue weighted by molar-refractivity contribution is 0.0692. The summed E-state index contributed by atoms with van der Waals surface area (Å²) in [6.07, 6.45) is 1.16. The Labute approximate surface area is 86.4 Å². The van der Waals surface area contributed by atoms with Crippen molar-refractivity contribution in [2.45, 2.75) is 0 Å². The normalized spacial score (nSPS) is 9.53. The van der Waals surface area contributed by atoms with Gasteiger partial charge in [-0.25, -0.2) is 9.78 Å². The first-order valence-electron chi connectivity index (χ1n) is 4.04. The molecule has 0 fully saturated rings. The Balaban J connectivity index is 3.40. The molecule has 0 saturated heterocycles. The monoisotopic (exact) mass is 213 g/mol. The van der Waals surface area contributed by atoms with Crippen LogP contribution in [0.25, 0.3) is 0 Å². The van der Waals surface area contributed by atoms with Gasteiger partial charge in [-0.1, -0.05) is 0 Å². The number of carbonyl (C=O) groups is 1. The highest BCUT2D eigenvalue weighted by Gasteiger charge is 2.21. The number of hydrogen-bond acceptors (Lipinski definition) is 5. The SMILES string of the molecule is COc1ncc(C(=O)O)c(OC)c1OC. The van der Waals surface area contributed by atoms with E-state index in [0.717, 1.165) is 6.20 Å². The molecule has 0 spiro atoms. The summed E-state index contributed by atoms with van der Waals surface area (Å²) in [5.74, 6) is -0.698. The molecule has 1 rings (SSSR count). The standard InChI is InChI=1S/C9H11NO5/c1-13-6-5(9(11)12)4-10-8(15-3)7(6)14-2/h4H,1-3H3,(H,11,12). The minimum absolute atomic E-state index is 0.0739. The number of rotatable bonds is 4. The van der Waals surface area contributed by atoms with Crippen molar-refractivity contribution >= 4 is 5.97 Å². The fourth-order valence-electron chi connectivity index (χ4n) is 1.14. The zero-order valence-electron chi connectivity index (χ0n) is 8.60. The summed E-state index contributed by atoms with van der Waals surface area (Å²) in [7, 11) is 4.14. The smallest absolute Gasteiger partial charge is 0.341 e. The number of aromatic carboxylic acids is 1. The van der Waals surface area contributed by atoms with E-state index in [1.807, 2.05) is 0 Å². The van der Waals surface area contributed by atoms with Gasteiger partial charge in [-0.15, -0.1) is 0 Å². The maximum atomic E-state index is 10.8. The molecule has 1 aromatic heterocycles. The molecule has 0 aromatic carbocycles. The minimum atomic E-state index is -1.14. The first-order chi connectivity index (χ1) is 7.15. The van der Waals surface area contributed by atoms with Crippen molar-refractivity contribution in [2.75, 3.05) is 21.3 Å². The topological polar surface area (TPSA) is 77.9 Å². The first kappa shape index (κ1) is 11.1. The van der Waals surface area contributed by atoms with Crippen LogP contribution in [0.5, 0.6) is 17.4 Å². The van der Waals surface area contributed by atoms with E-state index < -0.39 is 5.97 Å². The van der Waals surface area contributed by atoms with E-state index in [4.69, 9.17) is 19.3 Å². The predicted octanol–water partition coefficient (Wildman–Crippen LogP) is 0.806. The highest BCUT2D eigenvalue weighted by molar-refractivity contribution is 5.92. The zero-order chi connectivity index (χ0) is 11.4. The van der Waals surface area contributed by atoms with Crippen LogP contribution in [0, 0.1) is 0 Å². The minimum Gasteiger partial charge on any atom is -0.492 e. The van der Waals surface area contributed by atoms with Gasteiger partial charge in [-0.3, -0.25) is 0 Å². The summed E-state index contributed by atoms with van der Waals surface area (Å²) in [6, 6.07) is 0. The molecule has 1 N–H and O–H groups in total. The quantitative estimate of drug-likeness (QED) is 0.797. The number of carboxylic acids is 1. The molecule has 0 aliphatic carbocycles. The summed E-state index contributed by atoms with van der Waals surface area (Å²) in [4.78, 5) is 14.6. The lowest BCUT2D eigenvalue weighted by atomic mass is 10.2. The van der Waals surface area contributed by atoms with E-state index >= 15 is 0 Å². The van der Waals surface area contributed by atoms with Crippen LogP contribution in [-0.2, 0) is 0 Å². The molecule has 0 aliphatic rings. The highest BCUT2D eigenvalue weighted by Crippen LogP contribution is 2.37. The zero-order valence-corrected chi connectivity index (χ0v) is 8.60. The van der Waals surface area contributed by atoms with Gasteiger partial charge in [0.05, 0.1) is 21.3 Å². The van der Waals surface area contributed by atoms with E-state index in [-0.39, 0.29) is 22.9 Å². The molecule has 15 heavy (non-hydrogen) atoms. The van der Waals surface area contributed by atoms with Crippen molar-refractivity contribution in [1.29, 1.82) is 0 Å². The first-order valence-corrected chi connectivity index (χ1v) is 4.04. The second-order valence-corrected chi connectivity index (χ2v) is 2.55. The molecule has 0 atom stereocenters. The number of hydrogen-bond donors (Lipinski definition) is 1. The molecule has 0 unspecified atom stereocenters. The van der Waals surface area contributed by atoms with Gasteiger partial charge in [0.1, 0.15) is 5.56 Å². The average Bonchev–Trinajstić information content (AvgIpc) is 2.26. The summed E-state index contributed by atoms with van der Waals surface area (Å²) < 4.78 is 14.8. The number of nitrogens with zero attached hydrogens (tertiary/aromatic N) is 1. The van der Waals surface area contributed by atoms with Crippen molar-refractivity contribution in [3.63, 3.8) is 0 Å². The number of aromatic nitrogens is 1. The maximum Gasteiger partial charge on any atom is 0.341 e. The Morgan fingerprint density at radius 3 is 2.20 bits per heavy atom. The second-order valence-electron chi connectivity index (χ2n) is 2.55. The lowest BCUT2D eigenvalue weighted by Crippen LogP contribution is -2.05. The summed E-state index contributed by atoms with van der Waals surface area (Å²) >= 11 is 0. The van der Waals surface area contributed by atoms with E-state index in [1.165, 1.54) is 21.3 Å². The third-order valence-electron chi connectivity index (χ3n) is 1.79. The third-order valence-corrected chi connectivity index (χ3v) is 1.79. The molecule has 0 radical (unpaired) electrons. The van der Waals surface area contributed by atoms with Gasteiger partial charge in [0.25, 0.3) is 5.88 Å². The van der Waals surface area contributed by atoms with Crippen molar-refractivity contribution in [3.05, 3.63) is 11.8 Å². The number of carboxylic acid groups (broad SMARTS) is 1. The largest absolute Gasteiger partial charge is 0.492 e. The molecular formula is C9H11NO5. The molecular weight excluding hydrogens is 202 g/mol. The molecule has 0 aliphatic heterocycles. The van der Waals surface area contributed by atoms with Gasteiger partial charge < -0.3 is 19.3 Å². The van der Waals surface area contributed by atoms with Gasteiger partial charge in [0, 0.05) is 6.20 Å². The third kappa shape index (κ3) is 1.93. The number of methoxy groups -OCH3 is 3. The molecule has 0 bridgehead atoms. The Hall–Kier alpha value is -1.98. The van der Waals surface area contributed by atoms with Crippen LogP contribution in [0.3, 0.4) is 0 Å². The van der Waals surface area contributed by atoms with Crippen LogP contribution < -0.4 is 14.2 Å². The second kappa shape index (κ2) is 4.50. The Morgan fingerprint density at radius 1 is 1.20 bits per heavy atom. The van der Waals surface area contributed by atoms with Crippen LogP contribution in [0.1, 0.15) is 10.4 Å². The van der Waals surface area contributed by atoms with E-state index in [0.29, 0.717) is 0 Å². The van der Waals surface area contributed by atoms with Crippen LogP contribution in [-0.4, -0.2) is 37.4 Å². The van der Waals surface area contributed by atoms with Crippen LogP contribution in [0.4, 0.5) is 0 Å². The number of ether oxygens (including phenoxy) is 3. The van der Waals surface area contributed by atoms with E-state index in [1.54, 1.807) is 0 Å². The van der Waals surface area contributed by atoms with Gasteiger partial charge in [-0.2, -0.15) is 0 Å². The van der Waals surface area contributed by atoms with Crippen molar-refractivity contribution < 1.29 is 24.1 Å². The molecule has 82 valence electrons. The van der Waals surface area contributed by atoms with E-state index in [2.05, 4.69) is 4.98 Å². The summed E-state index contributed by atoms with van der Waals surface area (Å²) in [5.41, 5.74) is -0.0739. The lowest BCUT2D eigenvalue weighted by Gasteiger charge is -2.12. The van der Waals surface area contributed by atoms with Crippen LogP contribution in [0.15, 0.2) is 6.20 Å². The molecule has 0 amide bonds. The van der Waals surface area contributed by atoms with Gasteiger partial charge >= 0.3 is 5.97 Å². The van der Waals surface area contributed by atoms with Crippen LogP contribution in [0.2, 0.25) is 0 Å². The number of pyridine rings is 1. The highest BCUT2D eigenvalue weighted by atomic mass is 16.5. The molecule has 1 heterocycles. The fourth-order valence-corrected chi connectivity index (χ4v) is 1.14. The van der Waals surface area contributed by atoms with Gasteiger partial charge in [0.15, 0.2) is 5.75 Å². The molecule has 6 heteroatoms. The van der Waals surface area contributed by atoms with Crippen molar-refractivity contribution in [1.82, 2.24) is 4.98 Å². The molecule has 6 nitrogen and oxygen atoms in total. The van der Waals surface area contributed by atoms with Gasteiger partial charge in [-0.05, 0) is 0 Å². The van der Waals surface area contributed by atoms with E-state index in [9.17, 15) is 4.79 Å². The predicted molar refractivity (Wildman–Crippen MR) is 50.9 cm³/mol. The van der Waals surface area contributed by atoms with Gasteiger partial charge in [0.2, 0.25) is 5.75 Å². The van der Waals surface area contributed by atoms with Crippen LogP contribution >= 0.6 is 0 Å². The van der Waals surface area contributed by atoms with Crippen molar-refractivity contribution in [3.8, 4) is 17.4 Å². The maximum absolute atomic E-state index is 10.8. The average molecular weight is 213 g/mol. The molecule has 0 saturated carbocycles. The summed E-state index contributed by atoms with van der Waals surface area (Å²) in [6.45, 7) is 0. The summed E-state index contributed by atoms with van der Waals surface area (Å²) in [5, 5.41) is 8.86. The Bertz CT molecular complexity index is 377. The fraction of sp³-hybridized carbons (Fsp3) is 0.333. The molecule has 1 aromatic rings.